The van der Waals surface area contributed by atoms with Crippen molar-refractivity contribution in [1.82, 2.24) is 0 Å². The van der Waals surface area contributed by atoms with E-state index in [9.17, 15) is 10.2 Å². The van der Waals surface area contributed by atoms with E-state index in [0.29, 0.717) is 12.4 Å². The second kappa shape index (κ2) is 5.85. The summed E-state index contributed by atoms with van der Waals surface area (Å²) < 4.78 is 5.81. The predicted octanol–water partition coefficient (Wildman–Crippen LogP) is 3.62. The number of aliphatic hydroxyl groups excluding tert-OH is 1. The quantitative estimate of drug-likeness (QED) is 0.767. The van der Waals surface area contributed by atoms with Crippen molar-refractivity contribution >= 4 is 10.8 Å². The Hall–Kier alpha value is -2.52. The molecular weight excluding hydrogens is 264 g/mol. The number of benzene rings is 3. The Morgan fingerprint density at radius 2 is 1.76 bits per heavy atom. The van der Waals surface area contributed by atoms with Crippen LogP contribution in [0.3, 0.4) is 0 Å². The fourth-order valence-electron chi connectivity index (χ4n) is 2.42. The van der Waals surface area contributed by atoms with Crippen LogP contribution in [0.2, 0.25) is 0 Å². The maximum absolute atomic E-state index is 9.64. The molecule has 21 heavy (non-hydrogen) atoms. The number of fused-ring (bicyclic) bond motifs is 1. The van der Waals surface area contributed by atoms with Gasteiger partial charge >= 0.3 is 0 Å². The summed E-state index contributed by atoms with van der Waals surface area (Å²) in [6.45, 7) is 0.274. The molecule has 0 saturated heterocycles. The van der Waals surface area contributed by atoms with E-state index >= 15 is 0 Å². The maximum Gasteiger partial charge on any atom is 0.125 e. The molecule has 0 aliphatic rings. The molecule has 0 radical (unpaired) electrons. The fraction of sp³-hybridized carbons (Fsp3) is 0.111. The van der Waals surface area contributed by atoms with E-state index in [0.717, 1.165) is 21.9 Å². The molecule has 0 atom stereocenters. The van der Waals surface area contributed by atoms with Crippen molar-refractivity contribution in [2.45, 2.75) is 13.2 Å². The summed E-state index contributed by atoms with van der Waals surface area (Å²) >= 11 is 0. The van der Waals surface area contributed by atoms with E-state index in [1.54, 1.807) is 18.2 Å². The molecule has 0 saturated carbocycles. The molecule has 0 aliphatic carbocycles. The lowest BCUT2D eigenvalue weighted by atomic mass is 10.0. The molecule has 3 heteroatoms. The van der Waals surface area contributed by atoms with Crippen LogP contribution in [0.25, 0.3) is 10.8 Å². The van der Waals surface area contributed by atoms with Crippen LogP contribution in [-0.2, 0) is 13.2 Å². The summed E-state index contributed by atoms with van der Waals surface area (Å²) in [6.07, 6.45) is 0. The molecule has 0 fully saturated rings. The van der Waals surface area contributed by atoms with Crippen molar-refractivity contribution in [1.29, 1.82) is 0 Å². The first kappa shape index (κ1) is 13.5. The minimum atomic E-state index is -0.0727. The van der Waals surface area contributed by atoms with E-state index in [4.69, 9.17) is 4.74 Å². The molecule has 0 spiro atoms. The normalized spacial score (nSPS) is 10.7. The van der Waals surface area contributed by atoms with Crippen molar-refractivity contribution in [3.63, 3.8) is 0 Å². The van der Waals surface area contributed by atoms with Gasteiger partial charge in [-0.2, -0.15) is 0 Å². The summed E-state index contributed by atoms with van der Waals surface area (Å²) in [5.74, 6) is 0.886. The zero-order valence-electron chi connectivity index (χ0n) is 11.5. The van der Waals surface area contributed by atoms with Gasteiger partial charge in [-0.25, -0.2) is 0 Å². The number of phenolic OH excluding ortho intramolecular Hbond substituents is 1. The van der Waals surface area contributed by atoms with Crippen LogP contribution in [0.1, 0.15) is 11.1 Å². The van der Waals surface area contributed by atoms with Gasteiger partial charge in [0.15, 0.2) is 0 Å². The highest BCUT2D eigenvalue weighted by Crippen LogP contribution is 2.28. The zero-order valence-corrected chi connectivity index (χ0v) is 11.5. The monoisotopic (exact) mass is 280 g/mol. The van der Waals surface area contributed by atoms with Gasteiger partial charge in [-0.3, -0.25) is 0 Å². The van der Waals surface area contributed by atoms with Gasteiger partial charge in [0.25, 0.3) is 0 Å². The molecular formula is C18H16O3. The molecule has 0 aromatic heterocycles. The average Bonchev–Trinajstić information content (AvgIpc) is 2.52. The van der Waals surface area contributed by atoms with E-state index in [-0.39, 0.29) is 12.4 Å². The Kier molecular flexibility index (Phi) is 3.75. The number of aromatic hydroxyl groups is 1. The van der Waals surface area contributed by atoms with Crippen LogP contribution in [0.5, 0.6) is 11.5 Å². The summed E-state index contributed by atoms with van der Waals surface area (Å²) in [5, 5.41) is 21.2. The number of hydrogen-bond donors (Lipinski definition) is 2. The summed E-state index contributed by atoms with van der Waals surface area (Å²) in [4.78, 5) is 0. The van der Waals surface area contributed by atoms with Crippen molar-refractivity contribution in [2.24, 2.45) is 0 Å². The molecule has 0 amide bonds. The van der Waals surface area contributed by atoms with Gasteiger partial charge in [-0.15, -0.1) is 0 Å². The number of phenols is 1. The number of hydrogen-bond acceptors (Lipinski definition) is 3. The topological polar surface area (TPSA) is 49.7 Å². The first-order chi connectivity index (χ1) is 10.3. The first-order valence-electron chi connectivity index (χ1n) is 6.80. The standard InChI is InChI=1S/C18H16O3/c19-11-17-16-7-2-1-5-14(16)8-9-18(17)21-12-13-4-3-6-15(20)10-13/h1-10,19-20H,11-12H2. The summed E-state index contributed by atoms with van der Waals surface area (Å²) in [7, 11) is 0. The summed E-state index contributed by atoms with van der Waals surface area (Å²) in [5.41, 5.74) is 1.67. The lowest BCUT2D eigenvalue weighted by molar-refractivity contribution is 0.260. The second-order valence-corrected chi connectivity index (χ2v) is 4.88. The lowest BCUT2D eigenvalue weighted by Gasteiger charge is -2.13. The van der Waals surface area contributed by atoms with Crippen LogP contribution in [0.15, 0.2) is 60.7 Å². The van der Waals surface area contributed by atoms with Gasteiger partial charge in [0, 0.05) is 5.56 Å². The van der Waals surface area contributed by atoms with Crippen molar-refractivity contribution < 1.29 is 14.9 Å². The van der Waals surface area contributed by atoms with Gasteiger partial charge in [0.2, 0.25) is 0 Å². The molecule has 3 nitrogen and oxygen atoms in total. The third-order valence-electron chi connectivity index (χ3n) is 3.46. The van der Waals surface area contributed by atoms with Gasteiger partial charge in [0.1, 0.15) is 18.1 Å². The molecule has 3 aromatic carbocycles. The fourth-order valence-corrected chi connectivity index (χ4v) is 2.42. The zero-order chi connectivity index (χ0) is 14.7. The molecule has 0 bridgehead atoms. The van der Waals surface area contributed by atoms with Crippen LogP contribution in [-0.4, -0.2) is 10.2 Å². The van der Waals surface area contributed by atoms with Crippen LogP contribution < -0.4 is 4.74 Å². The van der Waals surface area contributed by atoms with Crippen molar-refractivity contribution in [3.05, 3.63) is 71.8 Å². The molecule has 0 unspecified atom stereocenters. The van der Waals surface area contributed by atoms with Gasteiger partial charge in [-0.1, -0.05) is 42.5 Å². The van der Waals surface area contributed by atoms with Crippen LogP contribution >= 0.6 is 0 Å². The van der Waals surface area contributed by atoms with Crippen molar-refractivity contribution in [2.75, 3.05) is 0 Å². The minimum Gasteiger partial charge on any atom is -0.508 e. The Morgan fingerprint density at radius 1 is 0.905 bits per heavy atom. The van der Waals surface area contributed by atoms with Gasteiger partial charge in [-0.05, 0) is 34.5 Å². The third-order valence-corrected chi connectivity index (χ3v) is 3.46. The van der Waals surface area contributed by atoms with Gasteiger partial charge < -0.3 is 14.9 Å². The van der Waals surface area contributed by atoms with Crippen molar-refractivity contribution in [3.8, 4) is 11.5 Å². The Morgan fingerprint density at radius 3 is 2.57 bits per heavy atom. The third kappa shape index (κ3) is 2.83. The Bertz CT molecular complexity index is 765. The number of ether oxygens (including phenoxy) is 1. The Balaban J connectivity index is 1.90. The molecule has 3 aromatic rings. The van der Waals surface area contributed by atoms with Crippen LogP contribution in [0, 0.1) is 0 Å². The smallest absolute Gasteiger partial charge is 0.125 e. The predicted molar refractivity (Wildman–Crippen MR) is 82.3 cm³/mol. The second-order valence-electron chi connectivity index (χ2n) is 4.88. The lowest BCUT2D eigenvalue weighted by Crippen LogP contribution is -1.99. The van der Waals surface area contributed by atoms with E-state index < -0.39 is 0 Å². The molecule has 2 N–H and O–H groups in total. The number of rotatable bonds is 4. The van der Waals surface area contributed by atoms with E-state index in [1.165, 1.54) is 0 Å². The molecule has 3 rings (SSSR count). The highest BCUT2D eigenvalue weighted by molar-refractivity contribution is 5.87. The SMILES string of the molecule is OCc1c(OCc2cccc(O)c2)ccc2ccccc12. The van der Waals surface area contributed by atoms with E-state index in [2.05, 4.69) is 0 Å². The molecule has 0 heterocycles. The van der Waals surface area contributed by atoms with Crippen LogP contribution in [0.4, 0.5) is 0 Å². The number of aliphatic hydroxyl groups is 1. The highest BCUT2D eigenvalue weighted by atomic mass is 16.5. The maximum atomic E-state index is 9.64. The first-order valence-corrected chi connectivity index (χ1v) is 6.80. The Labute approximate surface area is 123 Å². The molecule has 106 valence electrons. The molecule has 0 aliphatic heterocycles. The van der Waals surface area contributed by atoms with Gasteiger partial charge in [0.05, 0.1) is 6.61 Å². The average molecular weight is 280 g/mol. The van der Waals surface area contributed by atoms with E-state index in [1.807, 2.05) is 42.5 Å². The summed E-state index contributed by atoms with van der Waals surface area (Å²) in [6, 6.07) is 18.7. The largest absolute Gasteiger partial charge is 0.508 e. The minimum absolute atomic E-state index is 0.0727. The highest BCUT2D eigenvalue weighted by Gasteiger charge is 2.08.